The van der Waals surface area contributed by atoms with Crippen molar-refractivity contribution >= 4 is 27.5 Å². The highest BCUT2D eigenvalue weighted by molar-refractivity contribution is 9.09. The number of rotatable bonds is 10. The molecule has 1 unspecified atom stereocenters. The van der Waals surface area contributed by atoms with Crippen LogP contribution in [0.5, 0.6) is 5.75 Å². The monoisotopic (exact) mass is 423 g/mol. The summed E-state index contributed by atoms with van der Waals surface area (Å²) in [5, 5.41) is 3.06. The molecule has 1 aliphatic rings. The second-order valence-electron chi connectivity index (χ2n) is 7.44. The summed E-state index contributed by atoms with van der Waals surface area (Å²) in [6, 6.07) is 6.16. The maximum Gasteiger partial charge on any atom is 0.224 e. The Labute approximate surface area is 167 Å². The number of nitrogens with one attached hydrogen (secondary N) is 1. The summed E-state index contributed by atoms with van der Waals surface area (Å²) in [6.45, 7) is 4.78. The molecule has 3 nitrogen and oxygen atoms in total. The van der Waals surface area contributed by atoms with E-state index in [0.717, 1.165) is 36.6 Å². The number of hydrogen-bond donors (Lipinski definition) is 1. The van der Waals surface area contributed by atoms with Crippen molar-refractivity contribution in [3.8, 4) is 5.75 Å². The van der Waals surface area contributed by atoms with Gasteiger partial charge in [-0.2, -0.15) is 0 Å². The lowest BCUT2D eigenvalue weighted by Crippen LogP contribution is -2.15. The number of alkyl halides is 1. The van der Waals surface area contributed by atoms with Crippen molar-refractivity contribution in [2.24, 2.45) is 5.92 Å². The van der Waals surface area contributed by atoms with Gasteiger partial charge in [-0.1, -0.05) is 67.4 Å². The minimum Gasteiger partial charge on any atom is -0.492 e. The van der Waals surface area contributed by atoms with E-state index in [-0.39, 0.29) is 5.91 Å². The van der Waals surface area contributed by atoms with Gasteiger partial charge < -0.3 is 10.1 Å². The van der Waals surface area contributed by atoms with Gasteiger partial charge in [0.1, 0.15) is 5.75 Å². The van der Waals surface area contributed by atoms with Crippen molar-refractivity contribution in [2.45, 2.75) is 82.9 Å². The van der Waals surface area contributed by atoms with E-state index in [1.54, 1.807) is 0 Å². The van der Waals surface area contributed by atoms with Gasteiger partial charge in [-0.05, 0) is 49.8 Å². The quantitative estimate of drug-likeness (QED) is 0.436. The lowest BCUT2D eigenvalue weighted by atomic mass is 9.86. The molecule has 1 atom stereocenters. The number of benzene rings is 1. The minimum absolute atomic E-state index is 0.105. The number of ether oxygens (including phenoxy) is 1. The zero-order chi connectivity index (χ0) is 18.8. The topological polar surface area (TPSA) is 38.3 Å². The number of carbonyl (C=O) groups excluding carboxylic acids is 1. The third kappa shape index (κ3) is 7.30. The first-order valence-electron chi connectivity index (χ1n) is 10.3. The second kappa shape index (κ2) is 11.6. The van der Waals surface area contributed by atoms with Gasteiger partial charge in [-0.25, -0.2) is 0 Å². The summed E-state index contributed by atoms with van der Waals surface area (Å²) < 4.78 is 5.78. The van der Waals surface area contributed by atoms with Crippen LogP contribution in [0.1, 0.15) is 77.2 Å². The van der Waals surface area contributed by atoms with Crippen LogP contribution in [-0.2, 0) is 11.2 Å². The van der Waals surface area contributed by atoms with Crippen LogP contribution in [0.25, 0.3) is 0 Å². The molecule has 26 heavy (non-hydrogen) atoms. The normalized spacial score (nSPS) is 16.3. The molecule has 1 aromatic carbocycles. The van der Waals surface area contributed by atoms with Gasteiger partial charge in [0.25, 0.3) is 0 Å². The van der Waals surface area contributed by atoms with Crippen LogP contribution < -0.4 is 10.1 Å². The van der Waals surface area contributed by atoms with Crippen molar-refractivity contribution in [3.63, 3.8) is 0 Å². The van der Waals surface area contributed by atoms with Gasteiger partial charge in [-0.15, -0.1) is 0 Å². The minimum atomic E-state index is 0.105. The fraction of sp³-hybridized carbons (Fsp3) is 0.682. The fourth-order valence-corrected chi connectivity index (χ4v) is 4.60. The first kappa shape index (κ1) is 21.3. The molecule has 0 aromatic heterocycles. The standard InChI is InChI=1S/C22H34BrNO2/c1-3-8-19(23)15-18-11-13-20(21(16-18)26-4-2)24-22(25)14-12-17-9-6-5-7-10-17/h11,13,16-17,19H,3-10,12,14-15H2,1-2H3,(H,24,25). The van der Waals surface area contributed by atoms with Gasteiger partial charge in [0.05, 0.1) is 12.3 Å². The molecule has 0 saturated heterocycles. The van der Waals surface area contributed by atoms with Gasteiger partial charge in [0.15, 0.2) is 0 Å². The molecule has 1 fully saturated rings. The molecule has 1 saturated carbocycles. The van der Waals surface area contributed by atoms with Crippen LogP contribution in [0.3, 0.4) is 0 Å². The van der Waals surface area contributed by atoms with E-state index in [2.05, 4.69) is 40.3 Å². The zero-order valence-electron chi connectivity index (χ0n) is 16.4. The van der Waals surface area contributed by atoms with Crippen molar-refractivity contribution < 1.29 is 9.53 Å². The van der Waals surface area contributed by atoms with Gasteiger partial charge >= 0.3 is 0 Å². The maximum absolute atomic E-state index is 12.4. The van der Waals surface area contributed by atoms with Crippen LogP contribution in [-0.4, -0.2) is 17.3 Å². The Balaban J connectivity index is 1.92. The summed E-state index contributed by atoms with van der Waals surface area (Å²) >= 11 is 3.74. The predicted molar refractivity (Wildman–Crippen MR) is 113 cm³/mol. The molecule has 0 bridgehead atoms. The van der Waals surface area contributed by atoms with E-state index in [1.165, 1.54) is 44.1 Å². The van der Waals surface area contributed by atoms with Crippen molar-refractivity contribution in [1.82, 2.24) is 0 Å². The number of anilines is 1. The predicted octanol–water partition coefficient (Wildman–Crippen LogP) is 6.49. The maximum atomic E-state index is 12.4. The average Bonchev–Trinajstić information content (AvgIpc) is 2.63. The molecule has 1 aliphatic carbocycles. The Hall–Kier alpha value is -1.03. The highest BCUT2D eigenvalue weighted by Crippen LogP contribution is 2.30. The SMILES string of the molecule is CCCC(Br)Cc1ccc(NC(=O)CCC2CCCCC2)c(OCC)c1. The van der Waals surface area contributed by atoms with Crippen molar-refractivity contribution in [2.75, 3.05) is 11.9 Å². The van der Waals surface area contributed by atoms with Gasteiger partial charge in [-0.3, -0.25) is 4.79 Å². The molecule has 2 rings (SSSR count). The van der Waals surface area contributed by atoms with Crippen LogP contribution in [0.4, 0.5) is 5.69 Å². The van der Waals surface area contributed by atoms with E-state index >= 15 is 0 Å². The summed E-state index contributed by atoms with van der Waals surface area (Å²) in [5.41, 5.74) is 2.04. The van der Waals surface area contributed by atoms with Crippen molar-refractivity contribution in [3.05, 3.63) is 23.8 Å². The number of amides is 1. The van der Waals surface area contributed by atoms with E-state index in [9.17, 15) is 4.79 Å². The third-order valence-corrected chi connectivity index (χ3v) is 5.97. The Morgan fingerprint density at radius 3 is 2.73 bits per heavy atom. The molecule has 1 N–H and O–H groups in total. The van der Waals surface area contributed by atoms with E-state index < -0.39 is 0 Å². The molecular formula is C22H34BrNO2. The largest absolute Gasteiger partial charge is 0.492 e. The highest BCUT2D eigenvalue weighted by atomic mass is 79.9. The van der Waals surface area contributed by atoms with E-state index in [0.29, 0.717) is 17.9 Å². The van der Waals surface area contributed by atoms with E-state index in [1.807, 2.05) is 13.0 Å². The van der Waals surface area contributed by atoms with Gasteiger partial charge in [0.2, 0.25) is 5.91 Å². The Bertz CT molecular complexity index is 555. The van der Waals surface area contributed by atoms with Crippen molar-refractivity contribution in [1.29, 1.82) is 0 Å². The molecule has 146 valence electrons. The average molecular weight is 424 g/mol. The summed E-state index contributed by atoms with van der Waals surface area (Å²) in [5.74, 6) is 1.62. The summed E-state index contributed by atoms with van der Waals surface area (Å²) in [4.78, 5) is 12.9. The van der Waals surface area contributed by atoms with Crippen LogP contribution in [0, 0.1) is 5.92 Å². The summed E-state index contributed by atoms with van der Waals surface area (Å²) in [7, 11) is 0. The molecule has 0 spiro atoms. The van der Waals surface area contributed by atoms with E-state index in [4.69, 9.17) is 4.74 Å². The molecule has 0 heterocycles. The summed E-state index contributed by atoms with van der Waals surface area (Å²) in [6.07, 6.45) is 11.5. The van der Waals surface area contributed by atoms with Gasteiger partial charge in [0, 0.05) is 11.2 Å². The Kier molecular flexibility index (Phi) is 9.52. The Morgan fingerprint density at radius 2 is 2.04 bits per heavy atom. The molecule has 0 radical (unpaired) electrons. The van der Waals surface area contributed by atoms with Crippen LogP contribution in [0.2, 0.25) is 0 Å². The van der Waals surface area contributed by atoms with Crippen LogP contribution >= 0.6 is 15.9 Å². The highest BCUT2D eigenvalue weighted by Gasteiger charge is 2.16. The lowest BCUT2D eigenvalue weighted by Gasteiger charge is -2.21. The smallest absolute Gasteiger partial charge is 0.224 e. The zero-order valence-corrected chi connectivity index (χ0v) is 17.9. The number of halogens is 1. The van der Waals surface area contributed by atoms with Crippen LogP contribution in [0.15, 0.2) is 18.2 Å². The molecule has 0 aliphatic heterocycles. The molecule has 1 aromatic rings. The third-order valence-electron chi connectivity index (χ3n) is 5.18. The first-order chi connectivity index (χ1) is 12.6. The Morgan fingerprint density at radius 1 is 1.27 bits per heavy atom. The molecular weight excluding hydrogens is 390 g/mol. The first-order valence-corrected chi connectivity index (χ1v) is 11.2. The second-order valence-corrected chi connectivity index (χ2v) is 8.74. The number of hydrogen-bond acceptors (Lipinski definition) is 2. The fourth-order valence-electron chi connectivity index (χ4n) is 3.77. The number of carbonyl (C=O) groups is 1. The molecule has 4 heteroatoms. The lowest BCUT2D eigenvalue weighted by molar-refractivity contribution is -0.116. The molecule has 1 amide bonds.